The molecule has 0 spiro atoms. The average Bonchev–Trinajstić information content (AvgIpc) is 3.24. The Bertz CT molecular complexity index is 838. The SMILES string of the molecule is CCC1c2ccsc2CCN1C(=O)CSc1nc2ccccc2o1. The molecule has 1 aliphatic rings. The van der Waals surface area contributed by atoms with E-state index in [-0.39, 0.29) is 11.9 Å². The first-order valence-corrected chi connectivity index (χ1v) is 9.97. The van der Waals surface area contributed by atoms with Crippen molar-refractivity contribution < 1.29 is 9.21 Å². The molecular weight excluding hydrogens is 340 g/mol. The maximum Gasteiger partial charge on any atom is 0.257 e. The molecule has 24 heavy (non-hydrogen) atoms. The summed E-state index contributed by atoms with van der Waals surface area (Å²) >= 11 is 3.18. The van der Waals surface area contributed by atoms with Crippen LogP contribution in [0.2, 0.25) is 0 Å². The van der Waals surface area contributed by atoms with Gasteiger partial charge in [0, 0.05) is 11.4 Å². The van der Waals surface area contributed by atoms with Crippen molar-refractivity contribution in [3.8, 4) is 0 Å². The quantitative estimate of drug-likeness (QED) is 0.644. The second-order valence-corrected chi connectivity index (χ2v) is 7.72. The van der Waals surface area contributed by atoms with Crippen LogP contribution < -0.4 is 0 Å². The van der Waals surface area contributed by atoms with E-state index >= 15 is 0 Å². The molecule has 2 aromatic heterocycles. The fourth-order valence-corrected chi connectivity index (χ4v) is 4.91. The van der Waals surface area contributed by atoms with Gasteiger partial charge in [-0.1, -0.05) is 30.8 Å². The van der Waals surface area contributed by atoms with Gasteiger partial charge in [-0.15, -0.1) is 11.3 Å². The van der Waals surface area contributed by atoms with Gasteiger partial charge in [-0.05, 0) is 42.0 Å². The second-order valence-electron chi connectivity index (χ2n) is 5.80. The molecule has 1 aliphatic heterocycles. The van der Waals surface area contributed by atoms with E-state index in [4.69, 9.17) is 4.42 Å². The van der Waals surface area contributed by atoms with Crippen molar-refractivity contribution in [1.82, 2.24) is 9.88 Å². The Kier molecular flexibility index (Phi) is 4.33. The molecule has 0 aliphatic carbocycles. The molecule has 4 nitrogen and oxygen atoms in total. The van der Waals surface area contributed by atoms with E-state index in [9.17, 15) is 4.79 Å². The highest BCUT2D eigenvalue weighted by atomic mass is 32.2. The van der Waals surface area contributed by atoms with Crippen LogP contribution in [-0.2, 0) is 11.2 Å². The van der Waals surface area contributed by atoms with Gasteiger partial charge in [0.05, 0.1) is 11.8 Å². The third-order valence-corrected chi connectivity index (χ3v) is 6.20. The van der Waals surface area contributed by atoms with Crippen molar-refractivity contribution in [2.75, 3.05) is 12.3 Å². The van der Waals surface area contributed by atoms with E-state index in [0.29, 0.717) is 11.0 Å². The summed E-state index contributed by atoms with van der Waals surface area (Å²) in [5.74, 6) is 0.522. The van der Waals surface area contributed by atoms with Crippen LogP contribution in [0.3, 0.4) is 0 Å². The summed E-state index contributed by atoms with van der Waals surface area (Å²) in [4.78, 5) is 20.6. The number of fused-ring (bicyclic) bond motifs is 2. The fraction of sp³-hybridized carbons (Fsp3) is 0.333. The summed E-state index contributed by atoms with van der Waals surface area (Å²) in [6.45, 7) is 2.95. The van der Waals surface area contributed by atoms with Crippen LogP contribution >= 0.6 is 23.1 Å². The molecular formula is C18H18N2O2S2. The molecule has 0 saturated heterocycles. The van der Waals surface area contributed by atoms with Crippen LogP contribution in [0.1, 0.15) is 29.8 Å². The van der Waals surface area contributed by atoms with Crippen molar-refractivity contribution >= 4 is 40.1 Å². The first-order valence-electron chi connectivity index (χ1n) is 8.10. The number of hydrogen-bond acceptors (Lipinski definition) is 5. The van der Waals surface area contributed by atoms with E-state index in [1.54, 1.807) is 11.3 Å². The molecule has 0 bridgehead atoms. The molecule has 0 N–H and O–H groups in total. The molecule has 1 atom stereocenters. The van der Waals surface area contributed by atoms with Crippen molar-refractivity contribution in [2.24, 2.45) is 0 Å². The Morgan fingerprint density at radius 1 is 1.42 bits per heavy atom. The number of nitrogens with zero attached hydrogens (tertiary/aromatic N) is 2. The topological polar surface area (TPSA) is 46.3 Å². The summed E-state index contributed by atoms with van der Waals surface area (Å²) < 4.78 is 5.69. The normalized spacial score (nSPS) is 17.2. The number of amides is 1. The van der Waals surface area contributed by atoms with Gasteiger partial charge >= 0.3 is 0 Å². The largest absolute Gasteiger partial charge is 0.431 e. The van der Waals surface area contributed by atoms with Gasteiger partial charge in [-0.25, -0.2) is 4.98 Å². The van der Waals surface area contributed by atoms with Crippen LogP contribution in [0, 0.1) is 0 Å². The van der Waals surface area contributed by atoms with Crippen LogP contribution in [0.15, 0.2) is 45.4 Å². The molecule has 4 rings (SSSR count). The fourth-order valence-electron chi connectivity index (χ4n) is 3.25. The molecule has 3 aromatic rings. The van der Waals surface area contributed by atoms with Crippen molar-refractivity contribution in [3.63, 3.8) is 0 Å². The number of carbonyl (C=O) groups is 1. The van der Waals surface area contributed by atoms with Crippen molar-refractivity contribution in [3.05, 3.63) is 46.2 Å². The lowest BCUT2D eigenvalue weighted by Gasteiger charge is -2.35. The van der Waals surface area contributed by atoms with Crippen molar-refractivity contribution in [1.29, 1.82) is 0 Å². The number of rotatable bonds is 4. The number of hydrogen-bond donors (Lipinski definition) is 0. The molecule has 0 fully saturated rings. The third-order valence-electron chi connectivity index (χ3n) is 4.40. The highest BCUT2D eigenvalue weighted by Crippen LogP contribution is 2.35. The van der Waals surface area contributed by atoms with Crippen LogP contribution in [0.25, 0.3) is 11.1 Å². The van der Waals surface area contributed by atoms with Gasteiger partial charge < -0.3 is 9.32 Å². The first kappa shape index (κ1) is 15.7. The Labute approximate surface area is 148 Å². The highest BCUT2D eigenvalue weighted by Gasteiger charge is 2.30. The number of thiophene rings is 1. The summed E-state index contributed by atoms with van der Waals surface area (Å²) in [5, 5.41) is 2.69. The van der Waals surface area contributed by atoms with E-state index < -0.39 is 0 Å². The molecule has 124 valence electrons. The minimum Gasteiger partial charge on any atom is -0.431 e. The Morgan fingerprint density at radius 3 is 3.12 bits per heavy atom. The van der Waals surface area contributed by atoms with Crippen LogP contribution in [0.5, 0.6) is 0 Å². The lowest BCUT2D eigenvalue weighted by Crippen LogP contribution is -2.40. The first-order chi connectivity index (χ1) is 11.8. The van der Waals surface area contributed by atoms with Crippen molar-refractivity contribution in [2.45, 2.75) is 31.0 Å². The standard InChI is InChI=1S/C18H18N2O2S2/c1-2-14-12-8-10-23-16(12)7-9-20(14)17(21)11-24-18-19-13-5-3-4-6-15(13)22-18/h3-6,8,10,14H,2,7,9,11H2,1H3. The summed E-state index contributed by atoms with van der Waals surface area (Å²) in [6, 6.07) is 10.0. The number of aromatic nitrogens is 1. The zero-order valence-corrected chi connectivity index (χ0v) is 15.0. The second kappa shape index (κ2) is 6.61. The third kappa shape index (κ3) is 2.84. The van der Waals surface area contributed by atoms with E-state index in [0.717, 1.165) is 30.5 Å². The number of thioether (sulfide) groups is 1. The van der Waals surface area contributed by atoms with Crippen LogP contribution in [0.4, 0.5) is 0 Å². The summed E-state index contributed by atoms with van der Waals surface area (Å²) in [7, 11) is 0. The van der Waals surface area contributed by atoms with Gasteiger partial charge in [0.1, 0.15) is 5.52 Å². The number of carbonyl (C=O) groups excluding carboxylic acids is 1. The van der Waals surface area contributed by atoms with Gasteiger partial charge in [-0.2, -0.15) is 0 Å². The van der Waals surface area contributed by atoms with E-state index in [2.05, 4.69) is 23.4 Å². The molecule has 0 saturated carbocycles. The summed E-state index contributed by atoms with van der Waals surface area (Å²) in [6.07, 6.45) is 1.91. The molecule has 3 heterocycles. The maximum atomic E-state index is 12.7. The van der Waals surface area contributed by atoms with Gasteiger partial charge in [0.2, 0.25) is 5.91 Å². The minimum absolute atomic E-state index is 0.158. The van der Waals surface area contributed by atoms with Gasteiger partial charge in [-0.3, -0.25) is 4.79 Å². The number of para-hydroxylation sites is 2. The molecule has 0 radical (unpaired) electrons. The Balaban J connectivity index is 1.46. The summed E-state index contributed by atoms with van der Waals surface area (Å²) in [5.41, 5.74) is 2.92. The van der Waals surface area contributed by atoms with Gasteiger partial charge in [0.25, 0.3) is 5.22 Å². The molecule has 1 aromatic carbocycles. The van der Waals surface area contributed by atoms with E-state index in [1.807, 2.05) is 29.2 Å². The monoisotopic (exact) mass is 358 g/mol. The number of oxazole rings is 1. The molecule has 1 unspecified atom stereocenters. The van der Waals surface area contributed by atoms with Crippen LogP contribution in [-0.4, -0.2) is 28.1 Å². The van der Waals surface area contributed by atoms with E-state index in [1.165, 1.54) is 22.2 Å². The predicted octanol–water partition coefficient (Wildman–Crippen LogP) is 4.52. The lowest BCUT2D eigenvalue weighted by atomic mass is 9.98. The maximum absolute atomic E-state index is 12.7. The average molecular weight is 358 g/mol. The zero-order valence-electron chi connectivity index (χ0n) is 13.4. The lowest BCUT2D eigenvalue weighted by molar-refractivity contribution is -0.131. The highest BCUT2D eigenvalue weighted by molar-refractivity contribution is 7.99. The Morgan fingerprint density at radius 2 is 2.29 bits per heavy atom. The van der Waals surface area contributed by atoms with Gasteiger partial charge in [0.15, 0.2) is 5.58 Å². The smallest absolute Gasteiger partial charge is 0.257 e. The molecule has 6 heteroatoms. The zero-order chi connectivity index (χ0) is 16.5. The predicted molar refractivity (Wildman–Crippen MR) is 97.5 cm³/mol. The minimum atomic E-state index is 0.158. The Hall–Kier alpha value is -1.79. The molecule has 1 amide bonds. The number of benzene rings is 1.